The number of hydrogen-bond donors (Lipinski definition) is 0. The Labute approximate surface area is 69.9 Å². The highest BCUT2D eigenvalue weighted by Crippen LogP contribution is 2.43. The van der Waals surface area contributed by atoms with Crippen molar-refractivity contribution in [3.05, 3.63) is 12.2 Å². The number of alkyl halides is 1. The quantitative estimate of drug-likeness (QED) is 0.371. The molecule has 0 aromatic heterocycles. The van der Waals surface area contributed by atoms with Crippen LogP contribution in [0.3, 0.4) is 0 Å². The van der Waals surface area contributed by atoms with E-state index in [0.29, 0.717) is 0 Å². The molecule has 0 aromatic carbocycles. The number of rotatable bonds is 1. The summed E-state index contributed by atoms with van der Waals surface area (Å²) in [6, 6.07) is 0. The van der Waals surface area contributed by atoms with Crippen molar-refractivity contribution >= 4 is 22.6 Å². The van der Waals surface area contributed by atoms with E-state index in [1.54, 1.807) is 0 Å². The molecule has 2 aliphatic rings. The fourth-order valence-electron chi connectivity index (χ4n) is 2.07. The van der Waals surface area contributed by atoms with Crippen molar-refractivity contribution < 1.29 is 0 Å². The van der Waals surface area contributed by atoms with Crippen molar-refractivity contribution in [2.24, 2.45) is 17.8 Å². The average molecular weight is 234 g/mol. The van der Waals surface area contributed by atoms with Crippen molar-refractivity contribution in [2.75, 3.05) is 4.43 Å². The molecule has 2 aliphatic carbocycles. The first kappa shape index (κ1) is 6.20. The minimum atomic E-state index is 0.965. The fourth-order valence-corrected chi connectivity index (χ4v) is 3.08. The zero-order valence-corrected chi connectivity index (χ0v) is 7.54. The van der Waals surface area contributed by atoms with Crippen LogP contribution in [-0.4, -0.2) is 4.43 Å². The summed E-state index contributed by atoms with van der Waals surface area (Å²) in [7, 11) is 0. The molecule has 1 heteroatoms. The maximum atomic E-state index is 2.51. The predicted octanol–water partition coefficient (Wildman–Crippen LogP) is 2.63. The molecular formula is C8H11I. The highest BCUT2D eigenvalue weighted by atomic mass is 127. The summed E-state index contributed by atoms with van der Waals surface area (Å²) in [5.41, 5.74) is 0. The van der Waals surface area contributed by atoms with E-state index in [1.807, 2.05) is 0 Å². The molecule has 1 fully saturated rings. The van der Waals surface area contributed by atoms with E-state index in [4.69, 9.17) is 0 Å². The van der Waals surface area contributed by atoms with E-state index in [2.05, 4.69) is 34.7 Å². The minimum Gasteiger partial charge on any atom is -0.0861 e. The molecule has 2 rings (SSSR count). The molecule has 0 amide bonds. The van der Waals surface area contributed by atoms with Gasteiger partial charge in [0, 0.05) is 4.43 Å². The van der Waals surface area contributed by atoms with E-state index in [1.165, 1.54) is 17.3 Å². The maximum absolute atomic E-state index is 2.51. The van der Waals surface area contributed by atoms with Crippen molar-refractivity contribution in [1.29, 1.82) is 0 Å². The molecule has 0 unspecified atom stereocenters. The lowest BCUT2D eigenvalue weighted by Gasteiger charge is -2.13. The Morgan fingerprint density at radius 1 is 1.33 bits per heavy atom. The number of hydrogen-bond acceptors (Lipinski definition) is 0. The van der Waals surface area contributed by atoms with Gasteiger partial charge in [-0.15, -0.1) is 0 Å². The van der Waals surface area contributed by atoms with Crippen LogP contribution in [0, 0.1) is 17.8 Å². The lowest BCUT2D eigenvalue weighted by Crippen LogP contribution is -2.07. The SMILES string of the molecule is IC[C@H]1C[C@@H]2C=C[C@H]1C2. The van der Waals surface area contributed by atoms with Crippen LogP contribution in [0.2, 0.25) is 0 Å². The van der Waals surface area contributed by atoms with Crippen LogP contribution in [0.1, 0.15) is 12.8 Å². The Balaban J connectivity index is 2.10. The van der Waals surface area contributed by atoms with E-state index in [0.717, 1.165) is 17.8 Å². The molecule has 0 N–H and O–H groups in total. The summed E-state index contributed by atoms with van der Waals surface area (Å²) in [6.07, 6.45) is 7.78. The summed E-state index contributed by atoms with van der Waals surface area (Å²) in [4.78, 5) is 0. The lowest BCUT2D eigenvalue weighted by atomic mass is 9.96. The molecule has 0 nitrogen and oxygen atoms in total. The van der Waals surface area contributed by atoms with Gasteiger partial charge < -0.3 is 0 Å². The second-order valence-electron chi connectivity index (χ2n) is 3.19. The van der Waals surface area contributed by atoms with Crippen LogP contribution >= 0.6 is 22.6 Å². The topological polar surface area (TPSA) is 0 Å². The number of allylic oxidation sites excluding steroid dienone is 2. The summed E-state index contributed by atoms with van der Waals surface area (Å²) < 4.78 is 1.36. The molecule has 0 heterocycles. The Morgan fingerprint density at radius 2 is 2.22 bits per heavy atom. The molecule has 0 aliphatic heterocycles. The molecule has 3 atom stereocenters. The monoisotopic (exact) mass is 234 g/mol. The Morgan fingerprint density at radius 3 is 2.56 bits per heavy atom. The third-order valence-corrected chi connectivity index (χ3v) is 3.75. The van der Waals surface area contributed by atoms with Crippen molar-refractivity contribution in [3.8, 4) is 0 Å². The standard InChI is InChI=1S/C8H11I/c9-5-8-4-6-1-2-7(8)3-6/h1-2,6-8H,3-5H2/t6-,7+,8-/m1/s1. The molecule has 0 spiro atoms. The lowest BCUT2D eigenvalue weighted by molar-refractivity contribution is 0.509. The molecule has 1 saturated carbocycles. The molecular weight excluding hydrogens is 223 g/mol. The van der Waals surface area contributed by atoms with Gasteiger partial charge in [-0.05, 0) is 30.6 Å². The average Bonchev–Trinajstić information content (AvgIpc) is 2.45. The Kier molecular flexibility index (Phi) is 1.55. The van der Waals surface area contributed by atoms with Gasteiger partial charge in [0.1, 0.15) is 0 Å². The van der Waals surface area contributed by atoms with E-state index in [9.17, 15) is 0 Å². The maximum Gasteiger partial charge on any atom is 0.00295 e. The molecule has 50 valence electrons. The van der Waals surface area contributed by atoms with Crippen LogP contribution in [-0.2, 0) is 0 Å². The summed E-state index contributed by atoms with van der Waals surface area (Å²) in [6.45, 7) is 0. The first-order valence-electron chi connectivity index (χ1n) is 3.64. The van der Waals surface area contributed by atoms with Gasteiger partial charge in [-0.25, -0.2) is 0 Å². The minimum absolute atomic E-state index is 0.965. The van der Waals surface area contributed by atoms with E-state index in [-0.39, 0.29) is 0 Å². The number of fused-ring (bicyclic) bond motifs is 2. The normalized spacial score (nSPS) is 46.6. The van der Waals surface area contributed by atoms with Gasteiger partial charge >= 0.3 is 0 Å². The Bertz CT molecular complexity index is 140. The summed E-state index contributed by atoms with van der Waals surface area (Å²) >= 11 is 2.51. The van der Waals surface area contributed by atoms with Gasteiger partial charge in [-0.3, -0.25) is 0 Å². The first-order valence-corrected chi connectivity index (χ1v) is 5.17. The molecule has 0 radical (unpaired) electrons. The second-order valence-corrected chi connectivity index (χ2v) is 4.08. The third-order valence-electron chi connectivity index (χ3n) is 2.61. The van der Waals surface area contributed by atoms with Gasteiger partial charge in [0.05, 0.1) is 0 Å². The predicted molar refractivity (Wildman–Crippen MR) is 47.7 cm³/mol. The number of halogens is 1. The van der Waals surface area contributed by atoms with Gasteiger partial charge in [0.15, 0.2) is 0 Å². The largest absolute Gasteiger partial charge is 0.0861 e. The highest BCUT2D eigenvalue weighted by Gasteiger charge is 2.34. The smallest absolute Gasteiger partial charge is 0.00295 e. The van der Waals surface area contributed by atoms with E-state index >= 15 is 0 Å². The van der Waals surface area contributed by atoms with Crippen LogP contribution in [0.5, 0.6) is 0 Å². The second kappa shape index (κ2) is 2.26. The highest BCUT2D eigenvalue weighted by molar-refractivity contribution is 14.1. The van der Waals surface area contributed by atoms with Gasteiger partial charge in [0.2, 0.25) is 0 Å². The summed E-state index contributed by atoms with van der Waals surface area (Å²) in [5.74, 6) is 2.96. The zero-order chi connectivity index (χ0) is 6.27. The van der Waals surface area contributed by atoms with Gasteiger partial charge in [-0.1, -0.05) is 34.7 Å². The Hall–Kier alpha value is 0.470. The van der Waals surface area contributed by atoms with Crippen molar-refractivity contribution in [1.82, 2.24) is 0 Å². The zero-order valence-electron chi connectivity index (χ0n) is 5.39. The molecule has 9 heavy (non-hydrogen) atoms. The third kappa shape index (κ3) is 0.935. The van der Waals surface area contributed by atoms with Gasteiger partial charge in [0.25, 0.3) is 0 Å². The first-order chi connectivity index (χ1) is 4.40. The van der Waals surface area contributed by atoms with Gasteiger partial charge in [-0.2, -0.15) is 0 Å². The van der Waals surface area contributed by atoms with Crippen molar-refractivity contribution in [2.45, 2.75) is 12.8 Å². The molecule has 2 bridgehead atoms. The fraction of sp³-hybridized carbons (Fsp3) is 0.750. The summed E-state index contributed by atoms with van der Waals surface area (Å²) in [5, 5.41) is 0. The van der Waals surface area contributed by atoms with Crippen LogP contribution in [0.15, 0.2) is 12.2 Å². The van der Waals surface area contributed by atoms with E-state index < -0.39 is 0 Å². The van der Waals surface area contributed by atoms with Crippen LogP contribution in [0.25, 0.3) is 0 Å². The molecule has 0 saturated heterocycles. The van der Waals surface area contributed by atoms with Crippen LogP contribution in [0.4, 0.5) is 0 Å². The molecule has 0 aromatic rings. The van der Waals surface area contributed by atoms with Crippen molar-refractivity contribution in [3.63, 3.8) is 0 Å². The van der Waals surface area contributed by atoms with Crippen LogP contribution < -0.4 is 0 Å².